The summed E-state index contributed by atoms with van der Waals surface area (Å²) in [5.74, 6) is -0.0624. The van der Waals surface area contributed by atoms with Crippen LogP contribution in [0.25, 0.3) is 0 Å². The summed E-state index contributed by atoms with van der Waals surface area (Å²) in [6.07, 6.45) is -1.78. The molecule has 2 rings (SSSR count). The monoisotopic (exact) mass is 421 g/mol. The van der Waals surface area contributed by atoms with Crippen LogP contribution in [0.5, 0.6) is 17.2 Å². The molecule has 1 heterocycles. The minimum absolute atomic E-state index is 0.107. The molecular weight excluding hydrogens is 401 g/mol. The summed E-state index contributed by atoms with van der Waals surface area (Å²) >= 11 is 2.75. The van der Waals surface area contributed by atoms with Crippen molar-refractivity contribution in [3.05, 3.63) is 17.7 Å². The first-order valence-electron chi connectivity index (χ1n) is 7.59. The van der Waals surface area contributed by atoms with Gasteiger partial charge in [-0.15, -0.1) is 0 Å². The molecule has 0 bridgehead atoms. The molecule has 0 aromatic heterocycles. The summed E-state index contributed by atoms with van der Waals surface area (Å²) in [5, 5.41) is 10.5. The molecule has 0 aliphatic carbocycles. The highest BCUT2D eigenvalue weighted by molar-refractivity contribution is 9.10. The van der Waals surface area contributed by atoms with E-state index in [9.17, 15) is 9.90 Å². The molecule has 25 heavy (non-hydrogen) atoms. The maximum Gasteiger partial charge on any atom is 0.274 e. The topological polar surface area (TPSA) is 77.5 Å². The summed E-state index contributed by atoms with van der Waals surface area (Å²) < 4.78 is 33.2. The van der Waals surface area contributed by atoms with Gasteiger partial charge in [0.1, 0.15) is 6.10 Å². The molecule has 0 saturated carbocycles. The number of carbonyl (C=O) groups excluding carboxylic acids is 1. The van der Waals surface area contributed by atoms with Gasteiger partial charge in [-0.05, 0) is 33.6 Å². The van der Waals surface area contributed by atoms with Crippen LogP contribution in [0.2, 0.25) is 0 Å². The zero-order valence-electron chi connectivity index (χ0n) is 14.3. The van der Waals surface area contributed by atoms with Gasteiger partial charge in [-0.25, -0.2) is 4.39 Å². The first-order valence-corrected chi connectivity index (χ1v) is 8.39. The van der Waals surface area contributed by atoms with E-state index in [4.69, 9.17) is 18.9 Å². The van der Waals surface area contributed by atoms with Crippen molar-refractivity contribution in [2.45, 2.75) is 10.7 Å². The fourth-order valence-corrected chi connectivity index (χ4v) is 3.08. The number of aliphatic hydroxyl groups excluding tert-OH is 1. The number of hydrogen-bond acceptors (Lipinski definition) is 6. The number of methoxy groups -OCH3 is 3. The predicted octanol–water partition coefficient (Wildman–Crippen LogP) is 1.67. The predicted molar refractivity (Wildman–Crippen MR) is 91.2 cm³/mol. The largest absolute Gasteiger partial charge is 0.493 e. The number of ether oxygens (including phenoxy) is 4. The molecule has 9 heteroatoms. The molecule has 0 spiro atoms. The van der Waals surface area contributed by atoms with Gasteiger partial charge < -0.3 is 29.0 Å². The van der Waals surface area contributed by atoms with E-state index in [-0.39, 0.29) is 30.2 Å². The first kappa shape index (κ1) is 19.7. The molecule has 0 radical (unpaired) electrons. The third-order valence-electron chi connectivity index (χ3n) is 3.93. The Balaban J connectivity index is 2.34. The van der Waals surface area contributed by atoms with Crippen molar-refractivity contribution in [1.29, 1.82) is 0 Å². The number of morpholine rings is 1. The van der Waals surface area contributed by atoms with Crippen LogP contribution in [0, 0.1) is 0 Å². The molecule has 7 nitrogen and oxygen atoms in total. The van der Waals surface area contributed by atoms with E-state index in [1.165, 1.54) is 38.4 Å². The van der Waals surface area contributed by atoms with Gasteiger partial charge >= 0.3 is 0 Å². The van der Waals surface area contributed by atoms with Crippen LogP contribution in [0.3, 0.4) is 0 Å². The summed E-state index contributed by atoms with van der Waals surface area (Å²) in [5.41, 5.74) is 0.107. The average molecular weight is 422 g/mol. The molecular formula is C16H21BrFNO6. The average Bonchev–Trinajstić information content (AvgIpc) is 2.65. The SMILES string of the molecule is COc1cc([C@H](O)[C@@](F)(Br)C(=O)N2CCOCC2)cc(OC)c1OC. The number of halogens is 2. The number of benzene rings is 1. The Bertz CT molecular complexity index is 596. The molecule has 0 unspecified atom stereocenters. The van der Waals surface area contributed by atoms with Crippen LogP contribution in [0.4, 0.5) is 4.39 Å². The highest BCUT2D eigenvalue weighted by Gasteiger charge is 2.47. The second-order valence-corrected chi connectivity index (χ2v) is 6.54. The van der Waals surface area contributed by atoms with Crippen molar-refractivity contribution in [3.8, 4) is 17.2 Å². The Kier molecular flexibility index (Phi) is 6.47. The number of amides is 1. The van der Waals surface area contributed by atoms with E-state index < -0.39 is 16.6 Å². The number of hydrogen-bond donors (Lipinski definition) is 1. The van der Waals surface area contributed by atoms with Gasteiger partial charge in [-0.1, -0.05) is 0 Å². The van der Waals surface area contributed by atoms with Crippen LogP contribution in [-0.4, -0.2) is 68.1 Å². The van der Waals surface area contributed by atoms with Crippen molar-refractivity contribution in [2.24, 2.45) is 0 Å². The lowest BCUT2D eigenvalue weighted by Crippen LogP contribution is -2.50. The van der Waals surface area contributed by atoms with Crippen LogP contribution >= 0.6 is 15.9 Å². The Morgan fingerprint density at radius 2 is 1.76 bits per heavy atom. The molecule has 1 aromatic carbocycles. The highest BCUT2D eigenvalue weighted by Crippen LogP contribution is 2.44. The molecule has 1 aromatic rings. The zero-order chi connectivity index (χ0) is 18.6. The molecule has 1 N–H and O–H groups in total. The van der Waals surface area contributed by atoms with Crippen LogP contribution in [-0.2, 0) is 9.53 Å². The van der Waals surface area contributed by atoms with E-state index in [1.807, 2.05) is 0 Å². The molecule has 140 valence electrons. The molecule has 1 amide bonds. The summed E-state index contributed by atoms with van der Waals surface area (Å²) in [6, 6.07) is 2.79. The normalized spacial score (nSPS) is 18.2. The fourth-order valence-electron chi connectivity index (χ4n) is 2.56. The second-order valence-electron chi connectivity index (χ2n) is 5.39. The lowest BCUT2D eigenvalue weighted by Gasteiger charge is -2.33. The number of aliphatic hydroxyl groups is 1. The zero-order valence-corrected chi connectivity index (χ0v) is 15.8. The van der Waals surface area contributed by atoms with Gasteiger partial charge in [-0.2, -0.15) is 0 Å². The summed E-state index contributed by atoms with van der Waals surface area (Å²) in [4.78, 5) is 13.8. The van der Waals surface area contributed by atoms with Crippen molar-refractivity contribution < 1.29 is 33.2 Å². The molecule has 2 atom stereocenters. The van der Waals surface area contributed by atoms with Gasteiger partial charge in [0.05, 0.1) is 34.5 Å². The van der Waals surface area contributed by atoms with E-state index >= 15 is 4.39 Å². The number of rotatable bonds is 6. The fraction of sp³-hybridized carbons (Fsp3) is 0.562. The van der Waals surface area contributed by atoms with Gasteiger partial charge in [0, 0.05) is 13.1 Å². The number of nitrogens with zero attached hydrogens (tertiary/aromatic N) is 1. The summed E-state index contributed by atoms with van der Waals surface area (Å²) in [7, 11) is 4.24. The van der Waals surface area contributed by atoms with Crippen LogP contribution < -0.4 is 14.2 Å². The van der Waals surface area contributed by atoms with E-state index in [2.05, 4.69) is 15.9 Å². The van der Waals surface area contributed by atoms with Crippen molar-refractivity contribution >= 4 is 21.8 Å². The lowest BCUT2D eigenvalue weighted by molar-refractivity contribution is -0.147. The van der Waals surface area contributed by atoms with Crippen molar-refractivity contribution in [2.75, 3.05) is 47.6 Å². The maximum absolute atomic E-state index is 15.1. The first-order chi connectivity index (χ1) is 11.9. The van der Waals surface area contributed by atoms with Crippen LogP contribution in [0.1, 0.15) is 11.7 Å². The Labute approximate surface area is 153 Å². The minimum atomic E-state index is -2.70. The lowest BCUT2D eigenvalue weighted by atomic mass is 10.0. The molecule has 1 saturated heterocycles. The molecule has 1 aliphatic heterocycles. The van der Waals surface area contributed by atoms with Gasteiger partial charge in [-0.3, -0.25) is 4.79 Å². The third kappa shape index (κ3) is 3.99. The molecule has 1 fully saturated rings. The molecule has 1 aliphatic rings. The van der Waals surface area contributed by atoms with Crippen molar-refractivity contribution in [1.82, 2.24) is 4.90 Å². The Morgan fingerprint density at radius 1 is 1.24 bits per heavy atom. The summed E-state index contributed by atoms with van der Waals surface area (Å²) in [6.45, 7) is 1.18. The quantitative estimate of drug-likeness (QED) is 0.703. The van der Waals surface area contributed by atoms with E-state index in [1.54, 1.807) is 0 Å². The highest BCUT2D eigenvalue weighted by atomic mass is 79.9. The van der Waals surface area contributed by atoms with Gasteiger partial charge in [0.2, 0.25) is 5.75 Å². The third-order valence-corrected chi connectivity index (χ3v) is 4.70. The smallest absolute Gasteiger partial charge is 0.274 e. The minimum Gasteiger partial charge on any atom is -0.493 e. The van der Waals surface area contributed by atoms with Gasteiger partial charge in [0.15, 0.2) is 11.5 Å². The Hall–Kier alpha value is -1.58. The standard InChI is InChI=1S/C16H21BrFNO6/c1-22-11-8-10(9-12(23-2)13(11)24-3)14(20)16(17,18)15(21)19-4-6-25-7-5-19/h8-9,14,20H,4-7H2,1-3H3/t14-,16-/m0/s1. The second kappa shape index (κ2) is 8.20. The van der Waals surface area contributed by atoms with E-state index in [0.29, 0.717) is 19.0 Å². The number of alkyl halides is 2. The van der Waals surface area contributed by atoms with Crippen molar-refractivity contribution in [3.63, 3.8) is 0 Å². The van der Waals surface area contributed by atoms with E-state index in [0.717, 1.165) is 0 Å². The van der Waals surface area contributed by atoms with Crippen LogP contribution in [0.15, 0.2) is 12.1 Å². The Morgan fingerprint density at radius 3 is 2.20 bits per heavy atom. The number of carbonyl (C=O) groups is 1. The maximum atomic E-state index is 15.1. The van der Waals surface area contributed by atoms with Gasteiger partial charge in [0.25, 0.3) is 10.5 Å².